The Morgan fingerprint density at radius 1 is 1.38 bits per heavy atom. The first-order chi connectivity index (χ1) is 7.77. The molecule has 0 spiro atoms. The van der Waals surface area contributed by atoms with E-state index in [9.17, 15) is 8.78 Å². The summed E-state index contributed by atoms with van der Waals surface area (Å²) >= 11 is 0. The van der Waals surface area contributed by atoms with E-state index in [1.165, 1.54) is 12.4 Å². The lowest BCUT2D eigenvalue weighted by Crippen LogP contribution is -2.29. The zero-order chi connectivity index (χ0) is 11.4. The lowest BCUT2D eigenvalue weighted by Gasteiger charge is -2.19. The van der Waals surface area contributed by atoms with E-state index in [4.69, 9.17) is 0 Å². The minimum atomic E-state index is -2.50. The molecule has 6 heteroatoms. The fraction of sp³-hybridized carbons (Fsp3) is 0.700. The largest absolute Gasteiger partial charge is 0.319 e. The molecule has 90 valence electrons. The number of imidazole rings is 1. The molecule has 0 amide bonds. The normalized spacial score (nSPS) is 18.9. The molecule has 4 nitrogen and oxygen atoms in total. The molecule has 0 atom stereocenters. The molecule has 0 aliphatic carbocycles. The van der Waals surface area contributed by atoms with Gasteiger partial charge in [0.15, 0.2) is 0 Å². The van der Waals surface area contributed by atoms with Crippen molar-refractivity contribution >= 4 is 0 Å². The third kappa shape index (κ3) is 2.76. The third-order valence-corrected chi connectivity index (χ3v) is 2.76. The predicted molar refractivity (Wildman–Crippen MR) is 56.2 cm³/mol. The molecule has 0 aromatic carbocycles. The van der Waals surface area contributed by atoms with Gasteiger partial charge in [0, 0.05) is 25.5 Å². The number of halogens is 2. The second-order valence-corrected chi connectivity index (χ2v) is 3.91. The van der Waals surface area contributed by atoms with Crippen molar-refractivity contribution in [3.05, 3.63) is 18.2 Å². The van der Waals surface area contributed by atoms with Gasteiger partial charge in [0.25, 0.3) is 0 Å². The predicted octanol–water partition coefficient (Wildman–Crippen LogP) is 1.07. The summed E-state index contributed by atoms with van der Waals surface area (Å²) in [6.45, 7) is 1.73. The fourth-order valence-electron chi connectivity index (χ4n) is 1.90. The summed E-state index contributed by atoms with van der Waals surface area (Å²) in [5, 5.41) is 3.28. The van der Waals surface area contributed by atoms with Crippen molar-refractivity contribution in [1.29, 1.82) is 0 Å². The Bertz CT molecular complexity index is 318. The minimum Gasteiger partial charge on any atom is -0.315 e. The molecule has 0 saturated carbocycles. The van der Waals surface area contributed by atoms with Gasteiger partial charge in [0.1, 0.15) is 5.82 Å². The lowest BCUT2D eigenvalue weighted by atomic mass is 10.4. The molecule has 1 aliphatic rings. The summed E-state index contributed by atoms with van der Waals surface area (Å²) in [4.78, 5) is 6.14. The van der Waals surface area contributed by atoms with Crippen LogP contribution in [0.2, 0.25) is 0 Å². The van der Waals surface area contributed by atoms with Crippen molar-refractivity contribution in [2.75, 3.05) is 26.2 Å². The van der Waals surface area contributed by atoms with Crippen molar-refractivity contribution in [3.8, 4) is 0 Å². The van der Waals surface area contributed by atoms with E-state index >= 15 is 0 Å². The molecule has 1 aliphatic heterocycles. The van der Waals surface area contributed by atoms with Crippen molar-refractivity contribution < 1.29 is 8.78 Å². The van der Waals surface area contributed by atoms with Crippen LogP contribution in [0.4, 0.5) is 8.78 Å². The SMILES string of the molecule is FC(F)n1ccnc1CN1CCCNCC1. The van der Waals surface area contributed by atoms with Crippen LogP contribution in [0.3, 0.4) is 0 Å². The zero-order valence-electron chi connectivity index (χ0n) is 9.07. The first-order valence-corrected chi connectivity index (χ1v) is 5.50. The van der Waals surface area contributed by atoms with Crippen LogP contribution in [0, 0.1) is 0 Å². The van der Waals surface area contributed by atoms with Gasteiger partial charge in [-0.15, -0.1) is 0 Å². The van der Waals surface area contributed by atoms with E-state index in [0.29, 0.717) is 12.4 Å². The average molecular weight is 230 g/mol. The first kappa shape index (κ1) is 11.5. The Kier molecular flexibility index (Phi) is 3.84. The lowest BCUT2D eigenvalue weighted by molar-refractivity contribution is 0.0640. The van der Waals surface area contributed by atoms with Crippen LogP contribution in [0.25, 0.3) is 0 Å². The molecular formula is C10H16F2N4. The molecule has 1 aromatic rings. The Morgan fingerprint density at radius 2 is 2.25 bits per heavy atom. The Balaban J connectivity index is 1.99. The first-order valence-electron chi connectivity index (χ1n) is 5.50. The molecule has 0 radical (unpaired) electrons. The van der Waals surface area contributed by atoms with Crippen molar-refractivity contribution in [1.82, 2.24) is 19.8 Å². The van der Waals surface area contributed by atoms with E-state index in [1.54, 1.807) is 0 Å². The van der Waals surface area contributed by atoms with E-state index in [1.807, 2.05) is 0 Å². The number of aromatic nitrogens is 2. The third-order valence-electron chi connectivity index (χ3n) is 2.76. The van der Waals surface area contributed by atoms with Crippen LogP contribution >= 0.6 is 0 Å². The fourth-order valence-corrected chi connectivity index (χ4v) is 1.90. The Morgan fingerprint density at radius 3 is 3.06 bits per heavy atom. The van der Waals surface area contributed by atoms with E-state index in [2.05, 4.69) is 15.2 Å². The standard InChI is InChI=1S/C10H16F2N4/c11-10(12)16-7-4-14-9(16)8-15-5-1-2-13-3-6-15/h4,7,10,13H,1-3,5-6,8H2. The highest BCUT2D eigenvalue weighted by Crippen LogP contribution is 2.14. The maximum absolute atomic E-state index is 12.6. The number of rotatable bonds is 3. The summed E-state index contributed by atoms with van der Waals surface area (Å²) < 4.78 is 26.1. The van der Waals surface area contributed by atoms with Gasteiger partial charge in [-0.05, 0) is 19.5 Å². The molecule has 1 aromatic heterocycles. The van der Waals surface area contributed by atoms with E-state index in [0.717, 1.165) is 37.2 Å². The molecule has 0 unspecified atom stereocenters. The molecule has 1 saturated heterocycles. The number of hydrogen-bond donors (Lipinski definition) is 1. The van der Waals surface area contributed by atoms with Crippen LogP contribution in [0.15, 0.2) is 12.4 Å². The van der Waals surface area contributed by atoms with Crippen LogP contribution in [-0.4, -0.2) is 40.6 Å². The average Bonchev–Trinajstić information content (AvgIpc) is 2.55. The maximum atomic E-state index is 12.6. The number of nitrogens with one attached hydrogen (secondary N) is 1. The summed E-state index contributed by atoms with van der Waals surface area (Å²) in [6, 6.07) is 0. The van der Waals surface area contributed by atoms with Gasteiger partial charge < -0.3 is 5.32 Å². The van der Waals surface area contributed by atoms with Gasteiger partial charge in [0.2, 0.25) is 0 Å². The highest BCUT2D eigenvalue weighted by Gasteiger charge is 2.15. The molecule has 0 bridgehead atoms. The van der Waals surface area contributed by atoms with Gasteiger partial charge in [-0.1, -0.05) is 0 Å². The van der Waals surface area contributed by atoms with Gasteiger partial charge in [0.05, 0.1) is 6.54 Å². The van der Waals surface area contributed by atoms with Crippen LogP contribution in [0.1, 0.15) is 18.8 Å². The van der Waals surface area contributed by atoms with Crippen LogP contribution in [-0.2, 0) is 6.54 Å². The van der Waals surface area contributed by atoms with Crippen molar-refractivity contribution in [2.45, 2.75) is 19.5 Å². The van der Waals surface area contributed by atoms with E-state index < -0.39 is 6.55 Å². The maximum Gasteiger partial charge on any atom is 0.319 e. The summed E-state index contributed by atoms with van der Waals surface area (Å²) in [5.74, 6) is 0.442. The van der Waals surface area contributed by atoms with Crippen LogP contribution < -0.4 is 5.32 Å². The molecule has 1 fully saturated rings. The summed E-state index contributed by atoms with van der Waals surface area (Å²) in [6.07, 6.45) is 3.81. The van der Waals surface area contributed by atoms with Crippen LogP contribution in [0.5, 0.6) is 0 Å². The zero-order valence-corrected chi connectivity index (χ0v) is 9.07. The number of alkyl halides is 2. The second-order valence-electron chi connectivity index (χ2n) is 3.91. The van der Waals surface area contributed by atoms with Gasteiger partial charge >= 0.3 is 6.55 Å². The highest BCUT2D eigenvalue weighted by molar-refractivity contribution is 4.93. The summed E-state index contributed by atoms with van der Waals surface area (Å²) in [5.41, 5.74) is 0. The number of hydrogen-bond acceptors (Lipinski definition) is 3. The van der Waals surface area contributed by atoms with Gasteiger partial charge in [-0.2, -0.15) is 8.78 Å². The van der Waals surface area contributed by atoms with E-state index in [-0.39, 0.29) is 0 Å². The topological polar surface area (TPSA) is 33.1 Å². The molecule has 16 heavy (non-hydrogen) atoms. The highest BCUT2D eigenvalue weighted by atomic mass is 19.3. The summed E-state index contributed by atoms with van der Waals surface area (Å²) in [7, 11) is 0. The Labute approximate surface area is 93.3 Å². The molecule has 2 heterocycles. The van der Waals surface area contributed by atoms with Gasteiger partial charge in [-0.25, -0.2) is 4.98 Å². The monoisotopic (exact) mass is 230 g/mol. The van der Waals surface area contributed by atoms with Crippen molar-refractivity contribution in [3.63, 3.8) is 0 Å². The minimum absolute atomic E-state index is 0.442. The quantitative estimate of drug-likeness (QED) is 0.843. The van der Waals surface area contributed by atoms with Gasteiger partial charge in [-0.3, -0.25) is 9.47 Å². The second kappa shape index (κ2) is 5.36. The Hall–Kier alpha value is -1.01. The molecule has 1 N–H and O–H groups in total. The number of nitrogens with zero attached hydrogens (tertiary/aromatic N) is 3. The van der Waals surface area contributed by atoms with Crippen molar-refractivity contribution in [2.24, 2.45) is 0 Å². The smallest absolute Gasteiger partial charge is 0.315 e. The molecule has 2 rings (SSSR count). The molecular weight excluding hydrogens is 214 g/mol.